The number of amides is 1. The van der Waals surface area contributed by atoms with Gasteiger partial charge in [0.05, 0.1) is 24.0 Å². The molecule has 1 N–H and O–H groups in total. The van der Waals surface area contributed by atoms with Crippen molar-refractivity contribution in [2.24, 2.45) is 0 Å². The molecule has 0 aliphatic heterocycles. The van der Waals surface area contributed by atoms with Crippen molar-refractivity contribution in [1.29, 1.82) is 0 Å². The molecule has 0 aromatic carbocycles. The Bertz CT molecular complexity index is 788. The van der Waals surface area contributed by atoms with Gasteiger partial charge < -0.3 is 5.32 Å². The lowest BCUT2D eigenvalue weighted by Crippen LogP contribution is -2.33. The van der Waals surface area contributed by atoms with E-state index in [4.69, 9.17) is 0 Å². The molecule has 0 saturated carbocycles. The second-order valence-corrected chi connectivity index (χ2v) is 5.53. The number of fused-ring (bicyclic) bond motifs is 1. The highest BCUT2D eigenvalue weighted by Gasteiger charge is 2.13. The number of halogens is 1. The topological polar surface area (TPSA) is 76.9 Å². The molecular weight excluding hydrogens is 299 g/mol. The average Bonchev–Trinajstić information content (AvgIpc) is 2.55. The molecule has 0 saturated heterocycles. The van der Waals surface area contributed by atoms with Gasteiger partial charge in [0, 0.05) is 18.8 Å². The van der Waals surface area contributed by atoms with Crippen LogP contribution in [0.5, 0.6) is 0 Å². The van der Waals surface area contributed by atoms with Gasteiger partial charge >= 0.3 is 0 Å². The smallest absolute Gasteiger partial charge is 0.267 e. The summed E-state index contributed by atoms with van der Waals surface area (Å²) in [4.78, 5) is 27.5. The molecule has 2 heterocycles. The Labute approximate surface area is 132 Å². The van der Waals surface area contributed by atoms with Gasteiger partial charge in [0.1, 0.15) is 5.82 Å². The monoisotopic (exact) mass is 316 g/mol. The van der Waals surface area contributed by atoms with Crippen molar-refractivity contribution in [3.8, 4) is 0 Å². The molecule has 23 heavy (non-hydrogen) atoms. The Balaban J connectivity index is 1.62. The minimum absolute atomic E-state index is 0.149. The minimum atomic E-state index is -0.565. The van der Waals surface area contributed by atoms with Gasteiger partial charge in [-0.3, -0.25) is 14.6 Å². The first-order chi connectivity index (χ1) is 11.1. The molecule has 1 aliphatic rings. The fourth-order valence-electron chi connectivity index (χ4n) is 2.67. The van der Waals surface area contributed by atoms with E-state index in [1.54, 1.807) is 6.07 Å². The summed E-state index contributed by atoms with van der Waals surface area (Å²) in [6.07, 6.45) is 6.30. The first-order valence-electron chi connectivity index (χ1n) is 7.62. The summed E-state index contributed by atoms with van der Waals surface area (Å²) < 4.78 is 14.4. The number of rotatable bonds is 4. The molecule has 2 aromatic rings. The third-order valence-corrected chi connectivity index (χ3v) is 3.85. The quantitative estimate of drug-likeness (QED) is 0.916. The van der Waals surface area contributed by atoms with E-state index in [0.29, 0.717) is 0 Å². The molecule has 0 unspecified atom stereocenters. The molecule has 0 spiro atoms. The van der Waals surface area contributed by atoms with E-state index in [1.165, 1.54) is 10.9 Å². The van der Waals surface area contributed by atoms with Gasteiger partial charge in [-0.05, 0) is 37.3 Å². The molecule has 1 amide bonds. The molecule has 120 valence electrons. The first-order valence-corrected chi connectivity index (χ1v) is 7.62. The molecule has 0 atom stereocenters. The maximum atomic E-state index is 13.0. The molecule has 2 aromatic heterocycles. The molecule has 6 nitrogen and oxygen atoms in total. The van der Waals surface area contributed by atoms with Crippen molar-refractivity contribution in [3.63, 3.8) is 0 Å². The number of carbonyl (C=O) groups is 1. The van der Waals surface area contributed by atoms with Crippen molar-refractivity contribution in [2.75, 3.05) is 6.54 Å². The van der Waals surface area contributed by atoms with E-state index in [9.17, 15) is 14.0 Å². The van der Waals surface area contributed by atoms with Crippen LogP contribution in [-0.2, 0) is 19.4 Å². The summed E-state index contributed by atoms with van der Waals surface area (Å²) in [6.45, 7) is 0.516. The lowest BCUT2D eigenvalue weighted by molar-refractivity contribution is 0.0951. The number of carbonyl (C=O) groups excluding carboxylic acids is 1. The van der Waals surface area contributed by atoms with E-state index in [2.05, 4.69) is 15.4 Å². The normalized spacial score (nSPS) is 13.4. The van der Waals surface area contributed by atoms with Crippen LogP contribution in [-0.4, -0.2) is 27.2 Å². The number of nitrogens with zero attached hydrogens (tertiary/aromatic N) is 3. The van der Waals surface area contributed by atoms with Crippen LogP contribution in [0.4, 0.5) is 4.39 Å². The van der Waals surface area contributed by atoms with Crippen molar-refractivity contribution >= 4 is 5.91 Å². The van der Waals surface area contributed by atoms with Gasteiger partial charge in [-0.2, -0.15) is 5.10 Å². The van der Waals surface area contributed by atoms with Crippen molar-refractivity contribution < 1.29 is 9.18 Å². The largest absolute Gasteiger partial charge is 0.350 e. The van der Waals surface area contributed by atoms with Crippen LogP contribution in [0, 0.1) is 5.82 Å². The van der Waals surface area contributed by atoms with E-state index in [0.717, 1.165) is 49.2 Å². The van der Waals surface area contributed by atoms with Crippen LogP contribution in [0.3, 0.4) is 0 Å². The predicted octanol–water partition coefficient (Wildman–Crippen LogP) is 1.09. The Hall–Kier alpha value is -2.57. The zero-order valence-corrected chi connectivity index (χ0v) is 12.6. The van der Waals surface area contributed by atoms with Crippen LogP contribution in [0.2, 0.25) is 0 Å². The van der Waals surface area contributed by atoms with E-state index < -0.39 is 11.7 Å². The van der Waals surface area contributed by atoms with Crippen molar-refractivity contribution in [2.45, 2.75) is 32.2 Å². The molecule has 0 fully saturated rings. The SMILES string of the molecule is O=C(NCCn1nc2c(cc1=O)CCCC2)c1cncc(F)c1. The van der Waals surface area contributed by atoms with Gasteiger partial charge in [-0.25, -0.2) is 9.07 Å². The Morgan fingerprint density at radius 1 is 1.26 bits per heavy atom. The molecule has 3 rings (SSSR count). The summed E-state index contributed by atoms with van der Waals surface area (Å²) in [5.74, 6) is -0.992. The number of nitrogens with one attached hydrogen (secondary N) is 1. The standard InChI is InChI=1S/C16H17FN4O2/c17-13-7-12(9-18-10-13)16(23)19-5-6-21-15(22)8-11-3-1-2-4-14(11)20-21/h7-10H,1-6H2,(H,19,23). The number of hydrogen-bond donors (Lipinski definition) is 1. The van der Waals surface area contributed by atoms with Gasteiger partial charge in [0.25, 0.3) is 11.5 Å². The van der Waals surface area contributed by atoms with Gasteiger partial charge in [-0.15, -0.1) is 0 Å². The molecule has 0 bridgehead atoms. The highest BCUT2D eigenvalue weighted by molar-refractivity contribution is 5.93. The number of hydrogen-bond acceptors (Lipinski definition) is 4. The van der Waals surface area contributed by atoms with E-state index in [-0.39, 0.29) is 24.2 Å². The highest BCUT2D eigenvalue weighted by atomic mass is 19.1. The van der Waals surface area contributed by atoms with Crippen LogP contribution in [0.1, 0.15) is 34.5 Å². The molecule has 0 radical (unpaired) electrons. The maximum Gasteiger partial charge on any atom is 0.267 e. The van der Waals surface area contributed by atoms with Gasteiger partial charge in [0.2, 0.25) is 0 Å². The van der Waals surface area contributed by atoms with Crippen molar-refractivity contribution in [1.82, 2.24) is 20.1 Å². The Morgan fingerprint density at radius 2 is 2.09 bits per heavy atom. The summed E-state index contributed by atoms with van der Waals surface area (Å²) >= 11 is 0. The molecular formula is C16H17FN4O2. The van der Waals surface area contributed by atoms with E-state index in [1.807, 2.05) is 0 Å². The molecule has 7 heteroatoms. The third-order valence-electron chi connectivity index (χ3n) is 3.85. The van der Waals surface area contributed by atoms with Crippen LogP contribution < -0.4 is 10.9 Å². The Morgan fingerprint density at radius 3 is 2.91 bits per heavy atom. The summed E-state index contributed by atoms with van der Waals surface area (Å²) in [6, 6.07) is 2.76. The minimum Gasteiger partial charge on any atom is -0.350 e. The predicted molar refractivity (Wildman–Crippen MR) is 81.7 cm³/mol. The maximum absolute atomic E-state index is 13.0. The molecule has 1 aliphatic carbocycles. The Kier molecular flexibility index (Phi) is 4.45. The summed E-state index contributed by atoms with van der Waals surface area (Å²) in [5, 5.41) is 7.01. The van der Waals surface area contributed by atoms with E-state index >= 15 is 0 Å². The lowest BCUT2D eigenvalue weighted by atomic mass is 9.97. The van der Waals surface area contributed by atoms with Crippen LogP contribution in [0.25, 0.3) is 0 Å². The fraction of sp³-hybridized carbons (Fsp3) is 0.375. The van der Waals surface area contributed by atoms with Gasteiger partial charge in [-0.1, -0.05) is 0 Å². The number of aryl methyl sites for hydroxylation is 2. The zero-order valence-electron chi connectivity index (χ0n) is 12.6. The second-order valence-electron chi connectivity index (χ2n) is 5.53. The summed E-state index contributed by atoms with van der Waals surface area (Å²) in [5.41, 5.74) is 1.99. The average molecular weight is 316 g/mol. The third kappa shape index (κ3) is 3.61. The summed E-state index contributed by atoms with van der Waals surface area (Å²) in [7, 11) is 0. The van der Waals surface area contributed by atoms with Gasteiger partial charge in [0.15, 0.2) is 0 Å². The van der Waals surface area contributed by atoms with Crippen LogP contribution in [0.15, 0.2) is 29.3 Å². The number of pyridine rings is 1. The second kappa shape index (κ2) is 6.68. The highest BCUT2D eigenvalue weighted by Crippen LogP contribution is 2.16. The number of aromatic nitrogens is 3. The fourth-order valence-corrected chi connectivity index (χ4v) is 2.67. The van der Waals surface area contributed by atoms with Crippen molar-refractivity contribution in [3.05, 3.63) is 57.5 Å². The zero-order chi connectivity index (χ0) is 16.2. The lowest BCUT2D eigenvalue weighted by Gasteiger charge is -2.16. The first kappa shape index (κ1) is 15.3. The van der Waals surface area contributed by atoms with Crippen LogP contribution >= 0.6 is 0 Å².